The molecule has 0 heterocycles. The summed E-state index contributed by atoms with van der Waals surface area (Å²) < 4.78 is 24.1. The Bertz CT molecular complexity index is 574. The molecule has 2 atom stereocenters. The van der Waals surface area contributed by atoms with Crippen molar-refractivity contribution in [3.8, 4) is 0 Å². The van der Waals surface area contributed by atoms with Crippen molar-refractivity contribution >= 4 is 43.2 Å². The van der Waals surface area contributed by atoms with Crippen molar-refractivity contribution in [1.82, 2.24) is 0 Å². The molecule has 0 fully saturated rings. The van der Waals surface area contributed by atoms with Crippen molar-refractivity contribution in [2.24, 2.45) is 0 Å². The Balaban J connectivity index is 1.48. The zero-order chi connectivity index (χ0) is 17.0. The second-order valence-electron chi connectivity index (χ2n) is 5.08. The third kappa shape index (κ3) is 7.55. The molecule has 24 heavy (non-hydrogen) atoms. The molecule has 0 spiro atoms. The van der Waals surface area contributed by atoms with E-state index in [2.05, 4.69) is 0 Å². The van der Waals surface area contributed by atoms with E-state index < -0.39 is 21.6 Å². The van der Waals surface area contributed by atoms with Gasteiger partial charge in [-0.2, -0.15) is 0 Å². The lowest BCUT2D eigenvalue weighted by Gasteiger charge is -2.03. The van der Waals surface area contributed by atoms with Crippen LogP contribution in [0.25, 0.3) is 0 Å². The van der Waals surface area contributed by atoms with Crippen LogP contribution in [0.3, 0.4) is 0 Å². The van der Waals surface area contributed by atoms with E-state index in [1.807, 2.05) is 82.3 Å². The second-order valence-corrected chi connectivity index (χ2v) is 10.9. The fourth-order valence-electron chi connectivity index (χ4n) is 2.00. The first-order valence-electron chi connectivity index (χ1n) is 7.88. The van der Waals surface area contributed by atoms with Gasteiger partial charge in [0.1, 0.15) is 0 Å². The molecule has 2 rings (SSSR count). The summed E-state index contributed by atoms with van der Waals surface area (Å²) in [7, 11) is 1.88. The van der Waals surface area contributed by atoms with E-state index in [-0.39, 0.29) is 0 Å². The summed E-state index contributed by atoms with van der Waals surface area (Å²) in [6.45, 7) is 0. The maximum Gasteiger partial charge on any atom is 0.0529 e. The molecule has 0 aliphatic heterocycles. The molecule has 130 valence electrons. The summed E-state index contributed by atoms with van der Waals surface area (Å²) in [6.07, 6.45) is 1.91. The monoisotopic (exact) mass is 398 g/mol. The topological polar surface area (TPSA) is 34.1 Å². The van der Waals surface area contributed by atoms with Crippen LogP contribution in [0.4, 0.5) is 0 Å². The van der Waals surface area contributed by atoms with Gasteiger partial charge in [0.15, 0.2) is 0 Å². The normalized spacial score (nSPS) is 13.5. The van der Waals surface area contributed by atoms with Crippen LogP contribution in [0, 0.1) is 0 Å². The highest BCUT2D eigenvalue weighted by atomic mass is 33.1. The van der Waals surface area contributed by atoms with E-state index in [0.717, 1.165) is 45.6 Å². The van der Waals surface area contributed by atoms with Crippen LogP contribution in [-0.2, 0) is 21.6 Å². The molecule has 0 aromatic heterocycles. The summed E-state index contributed by atoms with van der Waals surface area (Å²) in [5.41, 5.74) is 0. The van der Waals surface area contributed by atoms with Crippen LogP contribution in [0.15, 0.2) is 70.5 Å². The number of hydrogen-bond donors (Lipinski definition) is 0. The third-order valence-corrected chi connectivity index (χ3v) is 8.70. The largest absolute Gasteiger partial charge is 0.254 e. The van der Waals surface area contributed by atoms with Gasteiger partial charge in [-0.1, -0.05) is 58.0 Å². The van der Waals surface area contributed by atoms with E-state index in [4.69, 9.17) is 0 Å². The minimum atomic E-state index is -0.882. The van der Waals surface area contributed by atoms with Crippen molar-refractivity contribution in [1.29, 1.82) is 0 Å². The molecule has 0 aliphatic carbocycles. The fourth-order valence-corrected chi connectivity index (χ4v) is 6.74. The molecule has 6 heteroatoms. The molecule has 0 aliphatic rings. The molecule has 0 bridgehead atoms. The van der Waals surface area contributed by atoms with Crippen molar-refractivity contribution in [3.05, 3.63) is 60.7 Å². The molecule has 0 saturated carbocycles. The average Bonchev–Trinajstić information content (AvgIpc) is 2.65. The third-order valence-electron chi connectivity index (χ3n) is 3.21. The summed E-state index contributed by atoms with van der Waals surface area (Å²) in [5.74, 6) is 3.45. The van der Waals surface area contributed by atoms with Crippen LogP contribution in [0.1, 0.15) is 12.8 Å². The van der Waals surface area contributed by atoms with Crippen LogP contribution in [0.2, 0.25) is 0 Å². The van der Waals surface area contributed by atoms with E-state index in [0.29, 0.717) is 0 Å². The average molecular weight is 399 g/mol. The summed E-state index contributed by atoms with van der Waals surface area (Å²) in [5, 5.41) is 0. The Kier molecular flexibility index (Phi) is 9.80. The molecular formula is C18H22O2S4. The predicted octanol–water partition coefficient (Wildman–Crippen LogP) is 4.76. The highest BCUT2D eigenvalue weighted by molar-refractivity contribution is 8.76. The molecule has 2 unspecified atom stereocenters. The van der Waals surface area contributed by atoms with Crippen molar-refractivity contribution in [2.45, 2.75) is 22.6 Å². The second kappa shape index (κ2) is 11.9. The van der Waals surface area contributed by atoms with Crippen molar-refractivity contribution in [3.63, 3.8) is 0 Å². The zero-order valence-corrected chi connectivity index (χ0v) is 16.7. The van der Waals surface area contributed by atoms with Gasteiger partial charge in [0.25, 0.3) is 0 Å². The van der Waals surface area contributed by atoms with Gasteiger partial charge in [-0.25, -0.2) is 0 Å². The van der Waals surface area contributed by atoms with Crippen LogP contribution < -0.4 is 0 Å². The molecule has 0 amide bonds. The molecular weight excluding hydrogens is 376 g/mol. The van der Waals surface area contributed by atoms with Gasteiger partial charge in [-0.3, -0.25) is 8.42 Å². The van der Waals surface area contributed by atoms with Crippen LogP contribution in [-0.4, -0.2) is 31.4 Å². The maximum absolute atomic E-state index is 12.1. The Morgan fingerprint density at radius 1 is 0.625 bits per heavy atom. The number of benzene rings is 2. The van der Waals surface area contributed by atoms with Gasteiger partial charge >= 0.3 is 0 Å². The lowest BCUT2D eigenvalue weighted by molar-refractivity contribution is 0.681. The first-order chi connectivity index (χ1) is 11.8. The Labute approximate surface area is 157 Å². The lowest BCUT2D eigenvalue weighted by atomic mass is 10.4. The van der Waals surface area contributed by atoms with E-state index in [1.54, 1.807) is 0 Å². The SMILES string of the molecule is O=S(CCCSSCCCS(=O)c1ccccc1)c1ccccc1. The summed E-state index contributed by atoms with van der Waals surface area (Å²) in [6, 6.07) is 19.3. The minimum Gasteiger partial charge on any atom is -0.254 e. The Morgan fingerprint density at radius 3 is 1.38 bits per heavy atom. The quantitative estimate of drug-likeness (QED) is 0.403. The zero-order valence-electron chi connectivity index (χ0n) is 13.5. The van der Waals surface area contributed by atoms with E-state index >= 15 is 0 Å². The number of rotatable bonds is 11. The van der Waals surface area contributed by atoms with E-state index in [9.17, 15) is 8.42 Å². The standard InChI is InChI=1S/C18H22O2S4/c19-23(17-9-3-1-4-10-17)15-7-13-21-22-14-8-16-24(20)18-11-5-2-6-12-18/h1-6,9-12H,7-8,13-16H2. The van der Waals surface area contributed by atoms with Crippen LogP contribution in [0.5, 0.6) is 0 Å². The summed E-state index contributed by atoms with van der Waals surface area (Å²) in [4.78, 5) is 1.83. The molecule has 0 radical (unpaired) electrons. The first-order valence-corrected chi connectivity index (χ1v) is 13.0. The maximum atomic E-state index is 12.1. The Morgan fingerprint density at radius 2 is 1.00 bits per heavy atom. The van der Waals surface area contributed by atoms with Gasteiger partial charge in [0.2, 0.25) is 0 Å². The van der Waals surface area contributed by atoms with Crippen molar-refractivity contribution < 1.29 is 8.42 Å². The minimum absolute atomic E-state index is 0.718. The van der Waals surface area contributed by atoms with Crippen molar-refractivity contribution in [2.75, 3.05) is 23.0 Å². The highest BCUT2D eigenvalue weighted by Gasteiger charge is 2.04. The lowest BCUT2D eigenvalue weighted by Crippen LogP contribution is -1.99. The molecule has 2 nitrogen and oxygen atoms in total. The van der Waals surface area contributed by atoms with E-state index in [1.165, 1.54) is 0 Å². The van der Waals surface area contributed by atoms with Crippen LogP contribution >= 0.6 is 21.6 Å². The van der Waals surface area contributed by atoms with Gasteiger partial charge in [-0.15, -0.1) is 0 Å². The smallest absolute Gasteiger partial charge is 0.0529 e. The van der Waals surface area contributed by atoms with Gasteiger partial charge in [0, 0.05) is 32.8 Å². The fraction of sp³-hybridized carbons (Fsp3) is 0.333. The summed E-state index contributed by atoms with van der Waals surface area (Å²) >= 11 is 0. The Hall–Kier alpha value is -0.560. The number of hydrogen-bond acceptors (Lipinski definition) is 4. The van der Waals surface area contributed by atoms with Gasteiger partial charge in [0.05, 0.1) is 21.6 Å². The van der Waals surface area contributed by atoms with Gasteiger partial charge in [-0.05, 0) is 37.1 Å². The highest BCUT2D eigenvalue weighted by Crippen LogP contribution is 2.23. The van der Waals surface area contributed by atoms with Gasteiger partial charge < -0.3 is 0 Å². The first kappa shape index (κ1) is 19.8. The molecule has 0 N–H and O–H groups in total. The predicted molar refractivity (Wildman–Crippen MR) is 110 cm³/mol. The molecule has 2 aromatic rings. The molecule has 0 saturated heterocycles. The molecule has 2 aromatic carbocycles.